The van der Waals surface area contributed by atoms with Crippen molar-refractivity contribution in [1.29, 1.82) is 0 Å². The van der Waals surface area contributed by atoms with Crippen molar-refractivity contribution in [3.63, 3.8) is 0 Å². The van der Waals surface area contributed by atoms with Crippen molar-refractivity contribution in [1.82, 2.24) is 10.2 Å². The number of thioether (sulfide) groups is 1. The summed E-state index contributed by atoms with van der Waals surface area (Å²) in [5.41, 5.74) is 5.88. The predicted molar refractivity (Wildman–Crippen MR) is 165 cm³/mol. The molecule has 252 valence electrons. The zero-order chi connectivity index (χ0) is 34.2. The Hall–Kier alpha value is -3.78. The molecule has 46 heavy (non-hydrogen) atoms. The molecule has 0 radical (unpaired) electrons. The number of esters is 2. The van der Waals surface area contributed by atoms with Crippen molar-refractivity contribution in [3.05, 3.63) is 65.0 Å². The van der Waals surface area contributed by atoms with Gasteiger partial charge in [-0.15, -0.1) is 11.8 Å². The second-order valence-corrected chi connectivity index (χ2v) is 13.4. The SMILES string of the molecule is CC(C)C(Oc1ccc(CNC(=O)C2SCCN2C(=O)CC(N)Cc2cc(F)c(F)cc2F)cc1)C(=O)OCOC(=O)C(C)(C)C. The second-order valence-electron chi connectivity index (χ2n) is 12.2. The summed E-state index contributed by atoms with van der Waals surface area (Å²) in [5.74, 6) is -4.78. The third-order valence-electron chi connectivity index (χ3n) is 6.94. The van der Waals surface area contributed by atoms with Gasteiger partial charge in [0, 0.05) is 43.3 Å². The van der Waals surface area contributed by atoms with E-state index in [4.69, 9.17) is 19.9 Å². The summed E-state index contributed by atoms with van der Waals surface area (Å²) in [7, 11) is 0. The molecule has 1 aliphatic rings. The summed E-state index contributed by atoms with van der Waals surface area (Å²) in [4.78, 5) is 51.8. The quantitative estimate of drug-likeness (QED) is 0.184. The van der Waals surface area contributed by atoms with Crippen molar-refractivity contribution >= 4 is 35.5 Å². The molecule has 1 aliphatic heterocycles. The van der Waals surface area contributed by atoms with Crippen LogP contribution >= 0.6 is 11.8 Å². The van der Waals surface area contributed by atoms with Gasteiger partial charge < -0.3 is 30.2 Å². The Balaban J connectivity index is 1.49. The molecule has 0 aliphatic carbocycles. The molecule has 0 spiro atoms. The molecule has 2 aromatic carbocycles. The van der Waals surface area contributed by atoms with Gasteiger partial charge >= 0.3 is 11.9 Å². The van der Waals surface area contributed by atoms with Crippen LogP contribution in [0.3, 0.4) is 0 Å². The van der Waals surface area contributed by atoms with E-state index in [-0.39, 0.29) is 36.8 Å². The van der Waals surface area contributed by atoms with Crippen LogP contribution in [0.2, 0.25) is 0 Å². The van der Waals surface area contributed by atoms with Crippen LogP contribution in [0, 0.1) is 28.8 Å². The average molecular weight is 668 g/mol. The topological polar surface area (TPSA) is 137 Å². The Labute approximate surface area is 270 Å². The Morgan fingerprint density at radius 3 is 2.30 bits per heavy atom. The van der Waals surface area contributed by atoms with Gasteiger partial charge in [0.1, 0.15) is 11.6 Å². The first-order valence-electron chi connectivity index (χ1n) is 14.7. The third-order valence-corrected chi connectivity index (χ3v) is 8.14. The summed E-state index contributed by atoms with van der Waals surface area (Å²) >= 11 is 1.29. The number of hydrogen-bond acceptors (Lipinski definition) is 9. The van der Waals surface area contributed by atoms with Gasteiger partial charge in [-0.3, -0.25) is 14.4 Å². The van der Waals surface area contributed by atoms with Gasteiger partial charge in [0.2, 0.25) is 12.7 Å². The van der Waals surface area contributed by atoms with Crippen LogP contribution in [0.4, 0.5) is 13.2 Å². The van der Waals surface area contributed by atoms with Crippen LogP contribution in [-0.4, -0.2) is 65.3 Å². The second kappa shape index (κ2) is 16.2. The molecule has 0 bridgehead atoms. The Morgan fingerprint density at radius 1 is 1.02 bits per heavy atom. The number of ether oxygens (including phenoxy) is 3. The number of benzene rings is 2. The molecule has 14 heteroatoms. The van der Waals surface area contributed by atoms with Gasteiger partial charge in [-0.25, -0.2) is 18.0 Å². The van der Waals surface area contributed by atoms with Crippen LogP contribution in [-0.2, 0) is 41.6 Å². The number of halogens is 3. The zero-order valence-electron chi connectivity index (χ0n) is 26.4. The van der Waals surface area contributed by atoms with Crippen LogP contribution < -0.4 is 15.8 Å². The Morgan fingerprint density at radius 2 is 1.67 bits per heavy atom. The Kier molecular flexibility index (Phi) is 12.9. The highest BCUT2D eigenvalue weighted by Crippen LogP contribution is 2.26. The van der Waals surface area contributed by atoms with Crippen molar-refractivity contribution < 1.29 is 46.6 Å². The van der Waals surface area contributed by atoms with Gasteiger partial charge in [0.25, 0.3) is 5.91 Å². The summed E-state index contributed by atoms with van der Waals surface area (Å²) in [6, 6.07) is 7.00. The van der Waals surface area contributed by atoms with E-state index in [2.05, 4.69) is 5.32 Å². The predicted octanol–water partition coefficient (Wildman–Crippen LogP) is 4.08. The highest BCUT2D eigenvalue weighted by atomic mass is 32.2. The normalized spacial score (nSPS) is 16.1. The number of carbonyl (C=O) groups is 4. The Bertz CT molecular complexity index is 1400. The molecule has 2 amide bonds. The molecular weight excluding hydrogens is 627 g/mol. The summed E-state index contributed by atoms with van der Waals surface area (Å²) in [6.07, 6.45) is -1.35. The first-order chi connectivity index (χ1) is 21.6. The fourth-order valence-electron chi connectivity index (χ4n) is 4.36. The number of nitrogens with two attached hydrogens (primary N) is 1. The van der Waals surface area contributed by atoms with E-state index in [1.807, 2.05) is 0 Å². The minimum atomic E-state index is -1.31. The van der Waals surface area contributed by atoms with Gasteiger partial charge in [-0.1, -0.05) is 26.0 Å². The van der Waals surface area contributed by atoms with Crippen molar-refractivity contribution in [3.8, 4) is 5.75 Å². The van der Waals surface area contributed by atoms with E-state index in [1.54, 1.807) is 58.9 Å². The molecule has 1 fully saturated rings. The van der Waals surface area contributed by atoms with Crippen LogP contribution in [0.25, 0.3) is 0 Å². The lowest BCUT2D eigenvalue weighted by atomic mass is 9.98. The van der Waals surface area contributed by atoms with E-state index in [0.717, 1.165) is 11.6 Å². The first-order valence-corrected chi connectivity index (χ1v) is 15.8. The van der Waals surface area contributed by atoms with Crippen molar-refractivity contribution in [2.45, 2.75) is 71.5 Å². The van der Waals surface area contributed by atoms with Crippen LogP contribution in [0.1, 0.15) is 52.2 Å². The molecule has 2 aromatic rings. The number of rotatable bonds is 13. The number of carbonyl (C=O) groups excluding carboxylic acids is 4. The summed E-state index contributed by atoms with van der Waals surface area (Å²) < 4.78 is 56.7. The molecular formula is C32H40F3N3O7S. The maximum atomic E-state index is 14.0. The fourth-order valence-corrected chi connectivity index (χ4v) is 5.53. The lowest BCUT2D eigenvalue weighted by molar-refractivity contribution is -0.178. The van der Waals surface area contributed by atoms with E-state index in [9.17, 15) is 32.3 Å². The van der Waals surface area contributed by atoms with E-state index in [1.165, 1.54) is 16.7 Å². The molecule has 3 N–H and O–H groups in total. The minimum absolute atomic E-state index is 0.140. The van der Waals surface area contributed by atoms with Crippen molar-refractivity contribution in [2.75, 3.05) is 19.1 Å². The average Bonchev–Trinajstić information content (AvgIpc) is 3.48. The maximum absolute atomic E-state index is 14.0. The maximum Gasteiger partial charge on any atom is 0.350 e. The molecule has 3 unspecified atom stereocenters. The summed E-state index contributed by atoms with van der Waals surface area (Å²) in [6.45, 7) is 8.57. The zero-order valence-corrected chi connectivity index (χ0v) is 27.3. The molecule has 3 atom stereocenters. The van der Waals surface area contributed by atoms with Crippen LogP contribution in [0.15, 0.2) is 36.4 Å². The van der Waals surface area contributed by atoms with Crippen LogP contribution in [0.5, 0.6) is 5.75 Å². The number of nitrogens with zero attached hydrogens (tertiary/aromatic N) is 1. The third kappa shape index (κ3) is 10.4. The molecule has 3 rings (SSSR count). The molecule has 1 heterocycles. The van der Waals surface area contributed by atoms with Gasteiger partial charge in [0.15, 0.2) is 23.1 Å². The molecule has 0 aromatic heterocycles. The van der Waals surface area contributed by atoms with E-state index in [0.29, 0.717) is 24.1 Å². The molecule has 0 saturated carbocycles. The largest absolute Gasteiger partial charge is 0.478 e. The number of nitrogens with one attached hydrogen (secondary N) is 1. The lowest BCUT2D eigenvalue weighted by Gasteiger charge is -2.24. The molecule has 10 nitrogen and oxygen atoms in total. The first kappa shape index (κ1) is 36.7. The minimum Gasteiger partial charge on any atom is -0.478 e. The monoisotopic (exact) mass is 667 g/mol. The summed E-state index contributed by atoms with van der Waals surface area (Å²) in [5, 5.41) is 2.02. The van der Waals surface area contributed by atoms with Crippen molar-refractivity contribution in [2.24, 2.45) is 17.1 Å². The lowest BCUT2D eigenvalue weighted by Crippen LogP contribution is -2.46. The van der Waals surface area contributed by atoms with Gasteiger partial charge in [-0.05, 0) is 56.5 Å². The van der Waals surface area contributed by atoms with E-state index < -0.39 is 65.0 Å². The molecule has 1 saturated heterocycles. The van der Waals surface area contributed by atoms with E-state index >= 15 is 0 Å². The highest BCUT2D eigenvalue weighted by molar-refractivity contribution is 8.00. The fraction of sp³-hybridized carbons (Fsp3) is 0.500. The van der Waals surface area contributed by atoms with Gasteiger partial charge in [0.05, 0.1) is 5.41 Å². The number of hydrogen-bond donors (Lipinski definition) is 2. The standard InChI is InChI=1S/C32H40F3N3O7S/c1-18(2)27(30(41)43-17-44-31(42)32(3,4)5)45-22-8-6-19(7-9-22)16-37-28(40)29-38(10-11-46-29)26(39)14-21(36)12-20-13-24(34)25(35)15-23(20)33/h6-9,13,15,18,21,27,29H,10-12,14,16-17,36H2,1-5H3,(H,37,40). The van der Waals surface area contributed by atoms with Gasteiger partial charge in [-0.2, -0.15) is 0 Å². The highest BCUT2D eigenvalue weighted by Gasteiger charge is 2.35. The smallest absolute Gasteiger partial charge is 0.350 e. The number of amides is 2.